The Bertz CT molecular complexity index is 862. The van der Waals surface area contributed by atoms with Gasteiger partial charge in [-0.15, -0.1) is 0 Å². The SMILES string of the molecule is CC[C@H](C)[C@@H]1NC(=O)[C@H](C)NC(=O)CNC(=O)[C@H](CCCCN)NC(=O)[C@H](CS)NC(=O)[C@H](CS)NC1=O. The van der Waals surface area contributed by atoms with Gasteiger partial charge in [-0.3, -0.25) is 28.8 Å². The van der Waals surface area contributed by atoms with Crippen molar-refractivity contribution in [1.29, 1.82) is 0 Å². The van der Waals surface area contributed by atoms with E-state index in [1.165, 1.54) is 6.92 Å². The first-order valence-electron chi connectivity index (χ1n) is 12.7. The molecular weight excluding hydrogens is 534 g/mol. The summed E-state index contributed by atoms with van der Waals surface area (Å²) in [5, 5.41) is 15.3. The Labute approximate surface area is 234 Å². The van der Waals surface area contributed by atoms with Crippen molar-refractivity contribution >= 4 is 60.7 Å². The monoisotopic (exact) mass is 575 g/mol. The molecule has 0 radical (unpaired) electrons. The lowest BCUT2D eigenvalue weighted by Crippen LogP contribution is -2.61. The second-order valence-corrected chi connectivity index (χ2v) is 9.94. The van der Waals surface area contributed by atoms with Crippen molar-refractivity contribution in [3.05, 3.63) is 0 Å². The van der Waals surface area contributed by atoms with Gasteiger partial charge in [-0.2, -0.15) is 25.3 Å². The average molecular weight is 576 g/mol. The summed E-state index contributed by atoms with van der Waals surface area (Å²) in [5.41, 5.74) is 5.53. The van der Waals surface area contributed by atoms with Crippen LogP contribution in [-0.2, 0) is 28.8 Å². The van der Waals surface area contributed by atoms with Gasteiger partial charge in [0.05, 0.1) is 6.54 Å². The molecule has 1 heterocycles. The van der Waals surface area contributed by atoms with E-state index >= 15 is 0 Å². The van der Waals surface area contributed by atoms with E-state index in [0.29, 0.717) is 25.8 Å². The van der Waals surface area contributed by atoms with Crippen molar-refractivity contribution in [2.45, 2.75) is 76.7 Å². The molecule has 6 amide bonds. The Morgan fingerprint density at radius 1 is 0.789 bits per heavy atom. The summed E-state index contributed by atoms with van der Waals surface area (Å²) in [6.07, 6.45) is 1.92. The zero-order chi connectivity index (χ0) is 28.8. The molecule has 0 saturated carbocycles. The number of nitrogens with two attached hydrogens (primary N) is 1. The number of thiol groups is 2. The summed E-state index contributed by atoms with van der Waals surface area (Å²) < 4.78 is 0. The third-order valence-corrected chi connectivity index (χ3v) is 6.93. The minimum Gasteiger partial charge on any atom is -0.345 e. The highest BCUT2D eigenvalue weighted by molar-refractivity contribution is 7.80. The fraction of sp³-hybridized carbons (Fsp3) is 0.739. The van der Waals surface area contributed by atoms with E-state index in [-0.39, 0.29) is 23.8 Å². The molecular formula is C23H41N7O6S2. The van der Waals surface area contributed by atoms with Crippen LogP contribution in [-0.4, -0.2) is 90.2 Å². The van der Waals surface area contributed by atoms with Crippen molar-refractivity contribution in [3.63, 3.8) is 0 Å². The summed E-state index contributed by atoms with van der Waals surface area (Å²) >= 11 is 8.31. The molecule has 8 N–H and O–H groups in total. The second kappa shape index (κ2) is 17.1. The van der Waals surface area contributed by atoms with Crippen LogP contribution in [0.1, 0.15) is 46.5 Å². The van der Waals surface area contributed by atoms with Crippen LogP contribution in [0.5, 0.6) is 0 Å². The molecule has 0 aromatic rings. The van der Waals surface area contributed by atoms with E-state index in [0.717, 1.165) is 0 Å². The lowest BCUT2D eigenvalue weighted by molar-refractivity contribution is -0.135. The van der Waals surface area contributed by atoms with Crippen molar-refractivity contribution in [3.8, 4) is 0 Å². The van der Waals surface area contributed by atoms with Gasteiger partial charge in [0, 0.05) is 11.5 Å². The molecule has 1 aliphatic heterocycles. The summed E-state index contributed by atoms with van der Waals surface area (Å²) in [6, 6.07) is -5.26. The summed E-state index contributed by atoms with van der Waals surface area (Å²) in [5.74, 6) is -4.27. The van der Waals surface area contributed by atoms with Crippen LogP contribution < -0.4 is 37.6 Å². The zero-order valence-corrected chi connectivity index (χ0v) is 23.8. The molecule has 38 heavy (non-hydrogen) atoms. The van der Waals surface area contributed by atoms with Gasteiger partial charge in [0.25, 0.3) is 0 Å². The fourth-order valence-electron chi connectivity index (χ4n) is 3.58. The van der Waals surface area contributed by atoms with Gasteiger partial charge < -0.3 is 37.6 Å². The predicted octanol–water partition coefficient (Wildman–Crippen LogP) is -2.41. The van der Waals surface area contributed by atoms with Crippen molar-refractivity contribution in [1.82, 2.24) is 31.9 Å². The first-order chi connectivity index (χ1) is 18.0. The van der Waals surface area contributed by atoms with Gasteiger partial charge in [-0.1, -0.05) is 20.3 Å². The van der Waals surface area contributed by atoms with Gasteiger partial charge >= 0.3 is 0 Å². The van der Waals surface area contributed by atoms with Crippen LogP contribution in [0.3, 0.4) is 0 Å². The highest BCUT2D eigenvalue weighted by Gasteiger charge is 2.33. The highest BCUT2D eigenvalue weighted by atomic mass is 32.1. The highest BCUT2D eigenvalue weighted by Crippen LogP contribution is 2.10. The van der Waals surface area contributed by atoms with Gasteiger partial charge in [-0.05, 0) is 38.6 Å². The standard InChI is InChI=1S/C23H41N7O6S2/c1-4-12(2)18-23(36)29-16(11-38)22(35)28-15(10-37)21(34)27-14(7-5-6-8-24)20(33)25-9-17(31)26-13(3)19(32)30-18/h12-16,18,37-38H,4-11,24H2,1-3H3,(H,25,33)(H,26,31)(H,27,34)(H,28,35)(H,29,36)(H,30,32)/t12-,13-,14-,15-,16-,18-/m0/s1. The van der Waals surface area contributed by atoms with Gasteiger partial charge in [0.1, 0.15) is 30.2 Å². The third-order valence-electron chi connectivity index (χ3n) is 6.20. The van der Waals surface area contributed by atoms with Crippen LogP contribution in [0.15, 0.2) is 0 Å². The molecule has 0 bridgehead atoms. The number of carbonyl (C=O) groups is 6. The Morgan fingerprint density at radius 3 is 1.87 bits per heavy atom. The number of amides is 6. The topological polar surface area (TPSA) is 201 Å². The van der Waals surface area contributed by atoms with Crippen LogP contribution in [0.2, 0.25) is 0 Å². The minimum absolute atomic E-state index is 0.0871. The molecule has 13 nitrogen and oxygen atoms in total. The lowest BCUT2D eigenvalue weighted by Gasteiger charge is -2.28. The quantitative estimate of drug-likeness (QED) is 0.113. The molecule has 1 aliphatic rings. The maximum absolute atomic E-state index is 13.1. The van der Waals surface area contributed by atoms with Crippen molar-refractivity contribution in [2.75, 3.05) is 24.6 Å². The predicted molar refractivity (Wildman–Crippen MR) is 148 cm³/mol. The third kappa shape index (κ3) is 10.7. The van der Waals surface area contributed by atoms with E-state index in [1.54, 1.807) is 6.92 Å². The lowest BCUT2D eigenvalue weighted by atomic mass is 9.97. The first kappa shape index (κ1) is 33.5. The molecule has 0 aliphatic carbocycles. The van der Waals surface area contributed by atoms with Crippen molar-refractivity contribution < 1.29 is 28.8 Å². The molecule has 1 saturated heterocycles. The average Bonchev–Trinajstić information content (AvgIpc) is 2.89. The van der Waals surface area contributed by atoms with E-state index < -0.39 is 72.2 Å². The number of nitrogens with one attached hydrogen (secondary N) is 6. The molecule has 0 aromatic carbocycles. The second-order valence-electron chi connectivity index (χ2n) is 9.21. The molecule has 6 atom stereocenters. The summed E-state index contributed by atoms with van der Waals surface area (Å²) in [7, 11) is 0. The van der Waals surface area contributed by atoms with Crippen LogP contribution >= 0.6 is 25.3 Å². The molecule has 0 spiro atoms. The Kier molecular flexibility index (Phi) is 15.1. The van der Waals surface area contributed by atoms with Crippen molar-refractivity contribution in [2.24, 2.45) is 11.7 Å². The summed E-state index contributed by atoms with van der Waals surface area (Å²) in [6.45, 7) is 5.00. The van der Waals surface area contributed by atoms with Crippen LogP contribution in [0.4, 0.5) is 0 Å². The molecule has 1 fully saturated rings. The Morgan fingerprint density at radius 2 is 1.34 bits per heavy atom. The molecule has 15 heteroatoms. The zero-order valence-electron chi connectivity index (χ0n) is 22.0. The first-order valence-corrected chi connectivity index (χ1v) is 14.0. The van der Waals surface area contributed by atoms with Gasteiger partial charge in [0.2, 0.25) is 35.4 Å². The number of hydrogen-bond acceptors (Lipinski definition) is 9. The van der Waals surface area contributed by atoms with Gasteiger partial charge in [-0.25, -0.2) is 0 Å². The van der Waals surface area contributed by atoms with Crippen LogP contribution in [0, 0.1) is 5.92 Å². The van der Waals surface area contributed by atoms with E-state index in [1.807, 2.05) is 6.92 Å². The smallest absolute Gasteiger partial charge is 0.244 e. The number of rotatable bonds is 8. The molecule has 0 unspecified atom stereocenters. The Balaban J connectivity index is 3.29. The fourth-order valence-corrected chi connectivity index (χ4v) is 4.10. The van der Waals surface area contributed by atoms with Crippen LogP contribution in [0.25, 0.3) is 0 Å². The number of carbonyl (C=O) groups excluding carboxylic acids is 6. The van der Waals surface area contributed by atoms with E-state index in [4.69, 9.17) is 5.73 Å². The maximum Gasteiger partial charge on any atom is 0.244 e. The minimum atomic E-state index is -1.12. The summed E-state index contributed by atoms with van der Waals surface area (Å²) in [4.78, 5) is 76.9. The van der Waals surface area contributed by atoms with E-state index in [9.17, 15) is 28.8 Å². The maximum atomic E-state index is 13.1. The molecule has 216 valence electrons. The van der Waals surface area contributed by atoms with Gasteiger partial charge in [0.15, 0.2) is 0 Å². The number of unbranched alkanes of at least 4 members (excludes halogenated alkanes) is 1. The number of hydrogen-bond donors (Lipinski definition) is 9. The largest absolute Gasteiger partial charge is 0.345 e. The van der Waals surface area contributed by atoms with E-state index in [2.05, 4.69) is 57.2 Å². The normalized spacial score (nSPS) is 27.5. The molecule has 1 rings (SSSR count). The molecule has 0 aromatic heterocycles. The Hall–Kier alpha value is -2.52.